The molecule has 2 saturated heterocycles. The van der Waals surface area contributed by atoms with E-state index in [2.05, 4.69) is 24.1 Å². The average molecular weight is 309 g/mol. The lowest BCUT2D eigenvalue weighted by Crippen LogP contribution is -2.62. The Kier molecular flexibility index (Phi) is 8.24. The van der Waals surface area contributed by atoms with Gasteiger partial charge in [0.05, 0.1) is 0 Å². The van der Waals surface area contributed by atoms with Gasteiger partial charge in [-0.3, -0.25) is 0 Å². The minimum absolute atomic E-state index is 0.561. The van der Waals surface area contributed by atoms with Crippen molar-refractivity contribution in [2.75, 3.05) is 19.6 Å². The molecule has 1 unspecified atom stereocenters. The van der Waals surface area contributed by atoms with Gasteiger partial charge in [-0.05, 0) is 38.6 Å². The molecule has 0 aliphatic carbocycles. The first-order valence-corrected chi connectivity index (χ1v) is 10.3. The van der Waals surface area contributed by atoms with E-state index in [1.165, 1.54) is 103 Å². The highest BCUT2D eigenvalue weighted by Crippen LogP contribution is 2.33. The summed E-state index contributed by atoms with van der Waals surface area (Å²) in [6.45, 7) is 8.59. The summed E-state index contributed by atoms with van der Waals surface area (Å²) in [6, 6.07) is 0.880. The van der Waals surface area contributed by atoms with Crippen LogP contribution in [0.1, 0.15) is 97.3 Å². The quantitative estimate of drug-likeness (QED) is 0.533. The lowest BCUT2D eigenvalue weighted by atomic mass is 9.78. The molecule has 0 aromatic rings. The van der Waals surface area contributed by atoms with Gasteiger partial charge >= 0.3 is 0 Å². The summed E-state index contributed by atoms with van der Waals surface area (Å²) < 4.78 is 0. The fourth-order valence-electron chi connectivity index (χ4n) is 4.35. The Hall–Kier alpha value is -0.0800. The standard InChI is InChI=1S/C20H40N2/c1-3-5-7-8-10-12-19(11-9-6-4-2)22-17-14-20(15-18-22)13-16-21-20/h19,21H,3-18H2,1-2H3. The predicted molar refractivity (Wildman–Crippen MR) is 97.5 cm³/mol. The minimum atomic E-state index is 0.561. The van der Waals surface area contributed by atoms with Gasteiger partial charge in [0.15, 0.2) is 0 Å². The zero-order chi connectivity index (χ0) is 15.7. The van der Waals surface area contributed by atoms with Crippen LogP contribution in [0.5, 0.6) is 0 Å². The zero-order valence-corrected chi connectivity index (χ0v) is 15.3. The number of rotatable bonds is 11. The molecule has 2 heteroatoms. The van der Waals surface area contributed by atoms with Crippen molar-refractivity contribution >= 4 is 0 Å². The van der Waals surface area contributed by atoms with Gasteiger partial charge in [0.2, 0.25) is 0 Å². The maximum atomic E-state index is 3.71. The molecule has 1 spiro atoms. The molecule has 1 atom stereocenters. The molecule has 2 rings (SSSR count). The first kappa shape index (κ1) is 18.3. The highest BCUT2D eigenvalue weighted by Gasteiger charge is 2.40. The smallest absolute Gasteiger partial charge is 0.0217 e. The molecule has 2 fully saturated rings. The van der Waals surface area contributed by atoms with Gasteiger partial charge in [0.25, 0.3) is 0 Å². The third-order valence-electron chi connectivity index (χ3n) is 6.16. The van der Waals surface area contributed by atoms with Gasteiger partial charge in [-0.15, -0.1) is 0 Å². The fourth-order valence-corrected chi connectivity index (χ4v) is 4.35. The molecule has 2 aliphatic rings. The van der Waals surface area contributed by atoms with E-state index in [0.29, 0.717) is 5.54 Å². The zero-order valence-electron chi connectivity index (χ0n) is 15.3. The Morgan fingerprint density at radius 2 is 1.36 bits per heavy atom. The summed E-state index contributed by atoms with van der Waals surface area (Å²) in [5, 5.41) is 3.71. The Labute approximate surface area is 139 Å². The van der Waals surface area contributed by atoms with Crippen LogP contribution in [0.25, 0.3) is 0 Å². The lowest BCUT2D eigenvalue weighted by molar-refractivity contribution is 0.0537. The van der Waals surface area contributed by atoms with Gasteiger partial charge < -0.3 is 10.2 Å². The van der Waals surface area contributed by atoms with Crippen LogP contribution in [0.3, 0.4) is 0 Å². The van der Waals surface area contributed by atoms with Gasteiger partial charge in [-0.1, -0.05) is 65.2 Å². The van der Waals surface area contributed by atoms with Crippen molar-refractivity contribution in [3.8, 4) is 0 Å². The Morgan fingerprint density at radius 1 is 0.818 bits per heavy atom. The lowest BCUT2D eigenvalue weighted by Gasteiger charge is -2.50. The van der Waals surface area contributed by atoms with Crippen molar-refractivity contribution in [2.24, 2.45) is 0 Å². The number of hydrogen-bond donors (Lipinski definition) is 1. The van der Waals surface area contributed by atoms with E-state index in [9.17, 15) is 0 Å². The number of nitrogens with zero attached hydrogens (tertiary/aromatic N) is 1. The van der Waals surface area contributed by atoms with Crippen molar-refractivity contribution in [2.45, 2.75) is 109 Å². The maximum absolute atomic E-state index is 3.71. The highest BCUT2D eigenvalue weighted by atomic mass is 15.2. The number of likely N-dealkylation sites (tertiary alicyclic amines) is 1. The van der Waals surface area contributed by atoms with Crippen molar-refractivity contribution in [3.63, 3.8) is 0 Å². The molecule has 22 heavy (non-hydrogen) atoms. The summed E-state index contributed by atoms with van der Waals surface area (Å²) in [5.74, 6) is 0. The van der Waals surface area contributed by atoms with Crippen molar-refractivity contribution in [1.29, 1.82) is 0 Å². The van der Waals surface area contributed by atoms with Gasteiger partial charge in [0, 0.05) is 24.7 Å². The number of unbranched alkanes of at least 4 members (excludes halogenated alkanes) is 6. The molecule has 1 N–H and O–H groups in total. The van der Waals surface area contributed by atoms with E-state index >= 15 is 0 Å². The van der Waals surface area contributed by atoms with E-state index < -0.39 is 0 Å². The predicted octanol–water partition coefficient (Wildman–Crippen LogP) is 5.12. The highest BCUT2D eigenvalue weighted by molar-refractivity contribution is 5.00. The molecule has 0 radical (unpaired) electrons. The van der Waals surface area contributed by atoms with Gasteiger partial charge in [-0.2, -0.15) is 0 Å². The fraction of sp³-hybridized carbons (Fsp3) is 1.00. The van der Waals surface area contributed by atoms with Crippen LogP contribution in [0.2, 0.25) is 0 Å². The summed E-state index contributed by atoms with van der Waals surface area (Å²) in [7, 11) is 0. The minimum Gasteiger partial charge on any atom is -0.311 e. The van der Waals surface area contributed by atoms with E-state index in [-0.39, 0.29) is 0 Å². The summed E-state index contributed by atoms with van der Waals surface area (Å²) >= 11 is 0. The molecule has 2 nitrogen and oxygen atoms in total. The molecule has 0 bridgehead atoms. The third-order valence-corrected chi connectivity index (χ3v) is 6.16. The van der Waals surface area contributed by atoms with Crippen molar-refractivity contribution in [1.82, 2.24) is 10.2 Å². The Balaban J connectivity index is 1.71. The first-order chi connectivity index (χ1) is 10.8. The second kappa shape index (κ2) is 9.93. The number of hydrogen-bond acceptors (Lipinski definition) is 2. The molecule has 0 aromatic heterocycles. The monoisotopic (exact) mass is 308 g/mol. The Bertz CT molecular complexity index is 275. The average Bonchev–Trinajstić information content (AvgIpc) is 2.52. The molecule has 2 heterocycles. The maximum Gasteiger partial charge on any atom is 0.0217 e. The number of nitrogens with one attached hydrogen (secondary N) is 1. The van der Waals surface area contributed by atoms with Gasteiger partial charge in [0.1, 0.15) is 0 Å². The van der Waals surface area contributed by atoms with E-state index in [1.807, 2.05) is 0 Å². The van der Waals surface area contributed by atoms with Crippen LogP contribution in [0.15, 0.2) is 0 Å². The largest absolute Gasteiger partial charge is 0.311 e. The molecule has 130 valence electrons. The second-order valence-corrected chi connectivity index (χ2v) is 7.85. The number of piperidine rings is 1. The van der Waals surface area contributed by atoms with E-state index in [1.54, 1.807) is 0 Å². The van der Waals surface area contributed by atoms with Crippen molar-refractivity contribution in [3.05, 3.63) is 0 Å². The normalized spacial score (nSPS) is 22.6. The van der Waals surface area contributed by atoms with Crippen LogP contribution in [0, 0.1) is 0 Å². The van der Waals surface area contributed by atoms with E-state index in [0.717, 1.165) is 6.04 Å². The molecule has 0 amide bonds. The molecular weight excluding hydrogens is 268 g/mol. The van der Waals surface area contributed by atoms with Crippen LogP contribution in [-0.4, -0.2) is 36.1 Å². The SMILES string of the molecule is CCCCCCCC(CCCCC)N1CCC2(CCN2)CC1. The van der Waals surface area contributed by atoms with Crippen molar-refractivity contribution < 1.29 is 0 Å². The first-order valence-electron chi connectivity index (χ1n) is 10.3. The molecule has 0 saturated carbocycles. The van der Waals surface area contributed by atoms with Crippen LogP contribution in [-0.2, 0) is 0 Å². The molecule has 0 aromatic carbocycles. The summed E-state index contributed by atoms with van der Waals surface area (Å²) in [5.41, 5.74) is 0.561. The third kappa shape index (κ3) is 5.53. The van der Waals surface area contributed by atoms with Crippen LogP contribution < -0.4 is 5.32 Å². The Morgan fingerprint density at radius 3 is 1.91 bits per heavy atom. The molecular formula is C20H40N2. The van der Waals surface area contributed by atoms with Crippen LogP contribution >= 0.6 is 0 Å². The summed E-state index contributed by atoms with van der Waals surface area (Å²) in [4.78, 5) is 2.85. The van der Waals surface area contributed by atoms with E-state index in [4.69, 9.17) is 0 Å². The second-order valence-electron chi connectivity index (χ2n) is 7.85. The topological polar surface area (TPSA) is 15.3 Å². The van der Waals surface area contributed by atoms with Crippen LogP contribution in [0.4, 0.5) is 0 Å². The summed E-state index contributed by atoms with van der Waals surface area (Å²) in [6.07, 6.45) is 18.5. The van der Waals surface area contributed by atoms with Gasteiger partial charge in [-0.25, -0.2) is 0 Å². The molecule has 2 aliphatic heterocycles.